The molecule has 16 nitrogen and oxygen atoms in total. The largest absolute Gasteiger partial charge is 0.490 e. The van der Waals surface area contributed by atoms with Crippen LogP contribution in [-0.4, -0.2) is 53.8 Å². The van der Waals surface area contributed by atoms with E-state index in [0.717, 1.165) is 0 Å². The van der Waals surface area contributed by atoms with E-state index >= 15 is 0 Å². The number of nitrogens with one attached hydrogen (secondary N) is 1. The summed E-state index contributed by atoms with van der Waals surface area (Å²) in [6.45, 7) is 2.96. The predicted molar refractivity (Wildman–Crippen MR) is 103 cm³/mol. The minimum atomic E-state index is -5.61. The molecule has 0 aromatic carbocycles. The van der Waals surface area contributed by atoms with Crippen LogP contribution in [0.3, 0.4) is 0 Å². The average molecular weight is 503 g/mol. The number of nitrogens with zero attached hydrogens (tertiary/aromatic N) is 3. The molecule has 3 rings (SSSR count). The maximum absolute atomic E-state index is 11.9. The van der Waals surface area contributed by atoms with Crippen LogP contribution in [0.25, 0.3) is 0 Å². The summed E-state index contributed by atoms with van der Waals surface area (Å²) in [5.74, 6) is -0.669. The van der Waals surface area contributed by atoms with Gasteiger partial charge in [-0.15, -0.1) is 0 Å². The van der Waals surface area contributed by atoms with E-state index in [1.54, 1.807) is 4.57 Å². The van der Waals surface area contributed by atoms with E-state index in [1.807, 2.05) is 0 Å². The number of anilines is 1. The molecule has 1 aliphatic carbocycles. The Morgan fingerprint density at radius 1 is 1.19 bits per heavy atom. The highest BCUT2D eigenvalue weighted by Gasteiger charge is 2.48. The second kappa shape index (κ2) is 8.60. The fraction of sp³-hybridized carbons (Fsp3) is 0.500. The van der Waals surface area contributed by atoms with Gasteiger partial charge in [-0.3, -0.25) is 9.52 Å². The van der Waals surface area contributed by atoms with Crippen molar-refractivity contribution in [3.8, 4) is 0 Å². The Bertz CT molecular complexity index is 1040. The summed E-state index contributed by atoms with van der Waals surface area (Å²) in [5.41, 5.74) is 6.81. The first kappa shape index (κ1) is 24.4. The number of fused-ring (bicyclic) bond motifs is 1. The van der Waals surface area contributed by atoms with Gasteiger partial charge in [-0.2, -0.15) is 8.62 Å². The second-order valence-corrected chi connectivity index (χ2v) is 11.0. The molecule has 1 aliphatic heterocycles. The number of imidazole rings is 1. The molecule has 2 heterocycles. The standard InChI is InChI=1S/C12H20N5O11P3/c1-6-8(3-26-30(22,23)28-31(24,25)27-29(19,20)21)7(2-18)10(6)17-5-16-9-11(13)14-4-15-12(9)17/h4-5,7-8,10-11,18H,1-3,13H2,(H,14,15)(H,22,23)(H,24,25)(H2,19,20,21)/t7-,8+,10-,11?/m0/s1. The Kier molecular flexibility index (Phi) is 6.76. The summed E-state index contributed by atoms with van der Waals surface area (Å²) in [7, 11) is -16.4. The Hall–Kier alpha value is -1.25. The molecule has 1 aromatic rings. The molecule has 1 fully saturated rings. The highest BCUT2D eigenvalue weighted by Crippen LogP contribution is 2.66. The molecular formula is C12H20N5O11P3. The lowest BCUT2D eigenvalue weighted by Gasteiger charge is -2.47. The Morgan fingerprint density at radius 2 is 1.87 bits per heavy atom. The van der Waals surface area contributed by atoms with Gasteiger partial charge in [-0.25, -0.2) is 18.7 Å². The van der Waals surface area contributed by atoms with Gasteiger partial charge in [-0.1, -0.05) is 6.58 Å². The summed E-state index contributed by atoms with van der Waals surface area (Å²) >= 11 is 0. The van der Waals surface area contributed by atoms with Gasteiger partial charge in [0.1, 0.15) is 17.7 Å². The SMILES string of the molecule is C=C1[C@@H](COP(=O)(O)OP(=O)(O)OP(=O)(O)O)[C@H](CO)[C@H]1n1cnc2c1NC=NC2N. The molecule has 0 radical (unpaired) electrons. The number of aliphatic hydroxyl groups excluding tert-OH is 1. The number of phosphoric ester groups is 1. The van der Waals surface area contributed by atoms with Gasteiger partial charge in [-0.05, 0) is 5.57 Å². The van der Waals surface area contributed by atoms with Crippen molar-refractivity contribution in [2.24, 2.45) is 22.6 Å². The second-order valence-electron chi connectivity index (χ2n) is 6.61. The summed E-state index contributed by atoms with van der Waals surface area (Å²) in [5, 5.41) is 12.7. The van der Waals surface area contributed by atoms with Crippen LogP contribution in [0.2, 0.25) is 0 Å². The first-order chi connectivity index (χ1) is 14.2. The minimum Gasteiger partial charge on any atom is -0.396 e. The third-order valence-electron chi connectivity index (χ3n) is 4.66. The molecule has 8 N–H and O–H groups in total. The molecule has 1 saturated carbocycles. The van der Waals surface area contributed by atoms with E-state index in [4.69, 9.17) is 15.5 Å². The van der Waals surface area contributed by atoms with Crippen LogP contribution in [-0.2, 0) is 26.8 Å². The highest BCUT2D eigenvalue weighted by molar-refractivity contribution is 7.66. The van der Waals surface area contributed by atoms with Crippen LogP contribution in [0, 0.1) is 11.8 Å². The summed E-state index contributed by atoms with van der Waals surface area (Å²) in [4.78, 5) is 44.0. The number of rotatable bonds is 9. The lowest BCUT2D eigenvalue weighted by Crippen LogP contribution is -2.45. The van der Waals surface area contributed by atoms with Gasteiger partial charge < -0.3 is 40.3 Å². The van der Waals surface area contributed by atoms with Gasteiger partial charge >= 0.3 is 23.5 Å². The highest BCUT2D eigenvalue weighted by atomic mass is 31.3. The van der Waals surface area contributed by atoms with Crippen LogP contribution in [0.4, 0.5) is 5.82 Å². The zero-order chi connectivity index (χ0) is 23.2. The Labute approximate surface area is 174 Å². The van der Waals surface area contributed by atoms with Gasteiger partial charge in [0.25, 0.3) is 0 Å². The molecule has 174 valence electrons. The van der Waals surface area contributed by atoms with E-state index in [9.17, 15) is 28.6 Å². The molecule has 1 aromatic heterocycles. The molecule has 6 atom stereocenters. The fourth-order valence-electron chi connectivity index (χ4n) is 3.39. The number of aliphatic imine (C=N–C) groups is 1. The van der Waals surface area contributed by atoms with Crippen molar-refractivity contribution in [2.45, 2.75) is 12.2 Å². The number of hydrogen-bond acceptors (Lipinski definition) is 11. The summed E-state index contributed by atoms with van der Waals surface area (Å²) < 4.78 is 47.6. The monoisotopic (exact) mass is 503 g/mol. The number of nitrogens with two attached hydrogens (primary N) is 1. The first-order valence-corrected chi connectivity index (χ1v) is 12.9. The maximum Gasteiger partial charge on any atom is 0.490 e. The molecular weight excluding hydrogens is 483 g/mol. The number of hydrogen-bond donors (Lipinski definition) is 7. The first-order valence-electron chi connectivity index (χ1n) is 8.43. The van der Waals surface area contributed by atoms with Gasteiger partial charge in [0, 0.05) is 18.4 Å². The van der Waals surface area contributed by atoms with Crippen molar-refractivity contribution in [1.29, 1.82) is 0 Å². The van der Waals surface area contributed by atoms with E-state index in [0.29, 0.717) is 17.1 Å². The third-order valence-corrected chi connectivity index (χ3v) is 8.46. The van der Waals surface area contributed by atoms with E-state index in [2.05, 4.69) is 35.0 Å². The van der Waals surface area contributed by atoms with Gasteiger partial charge in [0.15, 0.2) is 0 Å². The Balaban J connectivity index is 1.67. The third kappa shape index (κ3) is 5.40. The normalized spacial score (nSPS) is 29.4. The molecule has 19 heteroatoms. The quantitative estimate of drug-likeness (QED) is 0.173. The summed E-state index contributed by atoms with van der Waals surface area (Å²) in [6.07, 6.45) is 2.20. The van der Waals surface area contributed by atoms with Gasteiger partial charge in [0.2, 0.25) is 0 Å². The molecule has 3 unspecified atom stereocenters. The number of aromatic nitrogens is 2. The van der Waals surface area contributed by atoms with Crippen molar-refractivity contribution < 1.29 is 51.5 Å². The molecule has 0 saturated heterocycles. The maximum atomic E-state index is 11.9. The molecule has 2 aliphatic rings. The van der Waals surface area contributed by atoms with Crippen LogP contribution in [0.15, 0.2) is 23.5 Å². The minimum absolute atomic E-state index is 0.374. The van der Waals surface area contributed by atoms with Crippen LogP contribution in [0.1, 0.15) is 17.9 Å². The smallest absolute Gasteiger partial charge is 0.396 e. The number of phosphoric acid groups is 3. The average Bonchev–Trinajstić information content (AvgIpc) is 3.01. The van der Waals surface area contributed by atoms with Crippen LogP contribution < -0.4 is 11.1 Å². The van der Waals surface area contributed by atoms with E-state index < -0.39 is 54.1 Å². The lowest BCUT2D eigenvalue weighted by atomic mass is 9.66. The Morgan fingerprint density at radius 3 is 2.48 bits per heavy atom. The zero-order valence-electron chi connectivity index (χ0n) is 15.5. The number of aliphatic hydroxyl groups is 1. The van der Waals surface area contributed by atoms with Crippen molar-refractivity contribution in [2.75, 3.05) is 18.5 Å². The van der Waals surface area contributed by atoms with Crippen molar-refractivity contribution in [3.63, 3.8) is 0 Å². The van der Waals surface area contributed by atoms with Crippen molar-refractivity contribution >= 4 is 35.6 Å². The van der Waals surface area contributed by atoms with Crippen LogP contribution in [0.5, 0.6) is 0 Å². The van der Waals surface area contributed by atoms with Crippen LogP contribution >= 0.6 is 23.5 Å². The molecule has 31 heavy (non-hydrogen) atoms. The lowest BCUT2D eigenvalue weighted by molar-refractivity contribution is 0.0495. The molecule has 0 bridgehead atoms. The molecule has 0 amide bonds. The van der Waals surface area contributed by atoms with Gasteiger partial charge in [0.05, 0.1) is 25.3 Å². The van der Waals surface area contributed by atoms with Crippen molar-refractivity contribution in [3.05, 3.63) is 24.2 Å². The van der Waals surface area contributed by atoms with E-state index in [-0.39, 0.29) is 6.61 Å². The van der Waals surface area contributed by atoms with E-state index in [1.165, 1.54) is 12.7 Å². The zero-order valence-corrected chi connectivity index (χ0v) is 18.2. The molecule has 0 spiro atoms. The fourth-order valence-corrected chi connectivity index (χ4v) is 6.44. The topological polar surface area (TPSA) is 248 Å². The van der Waals surface area contributed by atoms with Crippen molar-refractivity contribution in [1.82, 2.24) is 9.55 Å². The predicted octanol–water partition coefficient (Wildman–Crippen LogP) is -0.0269. The summed E-state index contributed by atoms with van der Waals surface area (Å²) in [6, 6.07) is -0.470.